The van der Waals surface area contributed by atoms with E-state index in [0.717, 1.165) is 44.7 Å². The topological polar surface area (TPSA) is 41.6 Å². The molecule has 132 valence electrons. The van der Waals surface area contributed by atoms with E-state index in [1.165, 1.54) is 44.3 Å². The summed E-state index contributed by atoms with van der Waals surface area (Å²) < 4.78 is 5.48. The molecule has 2 fully saturated rings. The molecule has 1 amide bonds. The highest BCUT2D eigenvalue weighted by Gasteiger charge is 2.16. The van der Waals surface area contributed by atoms with Gasteiger partial charge in [0.15, 0.2) is 0 Å². The maximum Gasteiger partial charge on any atom is 0.251 e. The molecule has 4 nitrogen and oxygen atoms in total. The van der Waals surface area contributed by atoms with Gasteiger partial charge in [-0.3, -0.25) is 9.69 Å². The SMILES string of the molecule is O=C(NCC1CCCOC1)c1cccc(CN2CCCCCC2)c1. The van der Waals surface area contributed by atoms with Crippen molar-refractivity contribution in [2.24, 2.45) is 5.92 Å². The first-order chi connectivity index (χ1) is 11.8. The van der Waals surface area contributed by atoms with Crippen molar-refractivity contribution >= 4 is 5.91 Å². The number of benzene rings is 1. The van der Waals surface area contributed by atoms with Crippen molar-refractivity contribution in [3.63, 3.8) is 0 Å². The van der Waals surface area contributed by atoms with Crippen molar-refractivity contribution in [3.8, 4) is 0 Å². The van der Waals surface area contributed by atoms with Crippen molar-refractivity contribution < 1.29 is 9.53 Å². The molecule has 24 heavy (non-hydrogen) atoms. The molecule has 0 aliphatic carbocycles. The Morgan fingerprint density at radius 1 is 1.17 bits per heavy atom. The van der Waals surface area contributed by atoms with Crippen LogP contribution in [0.4, 0.5) is 0 Å². The fourth-order valence-electron chi connectivity index (χ4n) is 3.67. The minimum Gasteiger partial charge on any atom is -0.381 e. The molecule has 1 aromatic carbocycles. The molecule has 3 rings (SSSR count). The lowest BCUT2D eigenvalue weighted by molar-refractivity contribution is 0.0536. The molecule has 0 saturated carbocycles. The molecular formula is C20H30N2O2. The summed E-state index contributed by atoms with van der Waals surface area (Å²) in [6, 6.07) is 8.11. The summed E-state index contributed by atoms with van der Waals surface area (Å²) in [5.74, 6) is 0.501. The number of hydrogen-bond acceptors (Lipinski definition) is 3. The van der Waals surface area contributed by atoms with Crippen LogP contribution in [0.3, 0.4) is 0 Å². The Morgan fingerprint density at radius 2 is 2.00 bits per heavy atom. The highest BCUT2D eigenvalue weighted by Crippen LogP contribution is 2.15. The summed E-state index contributed by atoms with van der Waals surface area (Å²) in [5.41, 5.74) is 2.02. The van der Waals surface area contributed by atoms with Gasteiger partial charge in [0.2, 0.25) is 0 Å². The van der Waals surface area contributed by atoms with Gasteiger partial charge in [0.25, 0.3) is 5.91 Å². The van der Waals surface area contributed by atoms with Gasteiger partial charge >= 0.3 is 0 Å². The molecule has 1 atom stereocenters. The quantitative estimate of drug-likeness (QED) is 0.901. The Hall–Kier alpha value is -1.39. The number of amides is 1. The normalized spacial score (nSPS) is 22.8. The van der Waals surface area contributed by atoms with Crippen LogP contribution in [0.5, 0.6) is 0 Å². The zero-order valence-electron chi connectivity index (χ0n) is 14.6. The highest BCUT2D eigenvalue weighted by molar-refractivity contribution is 5.94. The molecular weight excluding hydrogens is 300 g/mol. The monoisotopic (exact) mass is 330 g/mol. The Balaban J connectivity index is 1.52. The highest BCUT2D eigenvalue weighted by atomic mass is 16.5. The van der Waals surface area contributed by atoms with E-state index >= 15 is 0 Å². The predicted octanol–water partition coefficient (Wildman–Crippen LogP) is 3.22. The first-order valence-electron chi connectivity index (χ1n) is 9.48. The minimum atomic E-state index is 0.0401. The van der Waals surface area contributed by atoms with Crippen LogP contribution in [0.2, 0.25) is 0 Å². The molecule has 2 aliphatic heterocycles. The average molecular weight is 330 g/mol. The standard InChI is InChI=1S/C20H30N2O2/c23-20(21-14-18-8-6-12-24-16-18)19-9-5-7-17(13-19)15-22-10-3-1-2-4-11-22/h5,7,9,13,18H,1-4,6,8,10-12,14-16H2,(H,21,23). The van der Waals surface area contributed by atoms with E-state index in [1.807, 2.05) is 12.1 Å². The molecule has 2 heterocycles. The second kappa shape index (κ2) is 9.19. The van der Waals surface area contributed by atoms with Crippen LogP contribution in [0.15, 0.2) is 24.3 Å². The molecule has 1 unspecified atom stereocenters. The molecule has 1 N–H and O–H groups in total. The van der Waals surface area contributed by atoms with Gasteiger partial charge in [0.1, 0.15) is 0 Å². The molecule has 0 radical (unpaired) electrons. The first-order valence-corrected chi connectivity index (χ1v) is 9.48. The third-order valence-corrected chi connectivity index (χ3v) is 5.10. The van der Waals surface area contributed by atoms with Gasteiger partial charge in [-0.15, -0.1) is 0 Å². The van der Waals surface area contributed by atoms with E-state index < -0.39 is 0 Å². The lowest BCUT2D eigenvalue weighted by atomic mass is 10.0. The lowest BCUT2D eigenvalue weighted by Gasteiger charge is -2.22. The minimum absolute atomic E-state index is 0.0401. The average Bonchev–Trinajstić information content (AvgIpc) is 2.89. The van der Waals surface area contributed by atoms with E-state index in [2.05, 4.69) is 22.3 Å². The Bertz CT molecular complexity index is 518. The first kappa shape index (κ1) is 17.4. The number of carbonyl (C=O) groups excluding carboxylic acids is 1. The van der Waals surface area contributed by atoms with Crippen LogP contribution in [-0.4, -0.2) is 43.7 Å². The van der Waals surface area contributed by atoms with Crippen molar-refractivity contribution in [1.82, 2.24) is 10.2 Å². The fourth-order valence-corrected chi connectivity index (χ4v) is 3.67. The van der Waals surface area contributed by atoms with Gasteiger partial charge in [0, 0.05) is 25.3 Å². The van der Waals surface area contributed by atoms with E-state index in [4.69, 9.17) is 4.74 Å². The van der Waals surface area contributed by atoms with Gasteiger partial charge < -0.3 is 10.1 Å². The Labute approximate surface area is 145 Å². The summed E-state index contributed by atoms with van der Waals surface area (Å²) in [4.78, 5) is 14.9. The number of carbonyl (C=O) groups is 1. The van der Waals surface area contributed by atoms with Crippen LogP contribution in [0.25, 0.3) is 0 Å². The summed E-state index contributed by atoms with van der Waals surface area (Å²) in [6.07, 6.45) is 7.54. The van der Waals surface area contributed by atoms with Gasteiger partial charge in [-0.25, -0.2) is 0 Å². The van der Waals surface area contributed by atoms with Crippen LogP contribution in [-0.2, 0) is 11.3 Å². The fraction of sp³-hybridized carbons (Fsp3) is 0.650. The van der Waals surface area contributed by atoms with Crippen LogP contribution < -0.4 is 5.32 Å². The summed E-state index contributed by atoms with van der Waals surface area (Å²) in [7, 11) is 0. The predicted molar refractivity (Wildman–Crippen MR) is 96.1 cm³/mol. The number of hydrogen-bond donors (Lipinski definition) is 1. The molecule has 0 bridgehead atoms. The van der Waals surface area contributed by atoms with Crippen LogP contribution in [0, 0.1) is 5.92 Å². The zero-order valence-corrected chi connectivity index (χ0v) is 14.6. The van der Waals surface area contributed by atoms with Crippen LogP contribution in [0.1, 0.15) is 54.4 Å². The number of nitrogens with zero attached hydrogens (tertiary/aromatic N) is 1. The molecule has 2 aliphatic rings. The third-order valence-electron chi connectivity index (χ3n) is 5.10. The zero-order chi connectivity index (χ0) is 16.6. The molecule has 1 aromatic rings. The van der Waals surface area contributed by atoms with Gasteiger partial charge in [-0.05, 0) is 62.4 Å². The molecule has 0 spiro atoms. The van der Waals surface area contributed by atoms with Crippen molar-refractivity contribution in [2.75, 3.05) is 32.8 Å². The molecule has 4 heteroatoms. The summed E-state index contributed by atoms with van der Waals surface area (Å²) in [6.45, 7) is 5.67. The van der Waals surface area contributed by atoms with Gasteiger partial charge in [0.05, 0.1) is 6.61 Å². The van der Waals surface area contributed by atoms with Gasteiger partial charge in [-0.2, -0.15) is 0 Å². The Morgan fingerprint density at radius 3 is 2.75 bits per heavy atom. The second-order valence-electron chi connectivity index (χ2n) is 7.18. The summed E-state index contributed by atoms with van der Waals surface area (Å²) >= 11 is 0. The van der Waals surface area contributed by atoms with Crippen LogP contribution >= 0.6 is 0 Å². The summed E-state index contributed by atoms with van der Waals surface area (Å²) in [5, 5.41) is 3.08. The van der Waals surface area contributed by atoms with Crippen molar-refractivity contribution in [3.05, 3.63) is 35.4 Å². The maximum absolute atomic E-state index is 12.4. The number of rotatable bonds is 5. The smallest absolute Gasteiger partial charge is 0.251 e. The number of nitrogens with one attached hydrogen (secondary N) is 1. The second-order valence-corrected chi connectivity index (χ2v) is 7.18. The van der Waals surface area contributed by atoms with E-state index in [-0.39, 0.29) is 5.91 Å². The van der Waals surface area contributed by atoms with Crippen molar-refractivity contribution in [2.45, 2.75) is 45.1 Å². The van der Waals surface area contributed by atoms with E-state index in [1.54, 1.807) is 0 Å². The third kappa shape index (κ3) is 5.32. The lowest BCUT2D eigenvalue weighted by Crippen LogP contribution is -2.33. The Kier molecular flexibility index (Phi) is 6.67. The molecule has 2 saturated heterocycles. The van der Waals surface area contributed by atoms with E-state index in [0.29, 0.717) is 5.92 Å². The number of likely N-dealkylation sites (tertiary alicyclic amines) is 1. The van der Waals surface area contributed by atoms with E-state index in [9.17, 15) is 4.79 Å². The largest absolute Gasteiger partial charge is 0.381 e. The van der Waals surface area contributed by atoms with Gasteiger partial charge in [-0.1, -0.05) is 25.0 Å². The maximum atomic E-state index is 12.4. The number of ether oxygens (including phenoxy) is 1. The van der Waals surface area contributed by atoms with Crippen molar-refractivity contribution in [1.29, 1.82) is 0 Å². The molecule has 0 aromatic heterocycles.